The third-order valence-corrected chi connectivity index (χ3v) is 0.997. The lowest BCUT2D eigenvalue weighted by atomic mass is 10.2. The summed E-state index contributed by atoms with van der Waals surface area (Å²) in [5.41, 5.74) is -0.430. The number of hydrogen-bond acceptors (Lipinski definition) is 4. The summed E-state index contributed by atoms with van der Waals surface area (Å²) in [6, 6.07) is 0. The van der Waals surface area contributed by atoms with E-state index in [-0.39, 0.29) is 11.2 Å². The van der Waals surface area contributed by atoms with Crippen molar-refractivity contribution in [2.75, 3.05) is 13.2 Å². The van der Waals surface area contributed by atoms with Crippen molar-refractivity contribution in [2.24, 2.45) is 0 Å². The van der Waals surface area contributed by atoms with Gasteiger partial charge >= 0.3 is 0 Å². The van der Waals surface area contributed by atoms with Gasteiger partial charge in [0.05, 0.1) is 11.2 Å². The highest BCUT2D eigenvalue weighted by molar-refractivity contribution is 4.64. The molecule has 4 heteroatoms. The second kappa shape index (κ2) is 10.3. The lowest BCUT2D eigenvalue weighted by Crippen LogP contribution is -2.27. The molecule has 108 valence electrons. The molecule has 0 radical (unpaired) electrons. The summed E-state index contributed by atoms with van der Waals surface area (Å²) in [4.78, 5) is 19.3. The summed E-state index contributed by atoms with van der Waals surface area (Å²) in [5, 5.41) is 0. The van der Waals surface area contributed by atoms with Crippen molar-refractivity contribution in [3.8, 4) is 0 Å². The fraction of sp³-hybridized carbons (Fsp3) is 0.714. The zero-order valence-corrected chi connectivity index (χ0v) is 12.6. The van der Waals surface area contributed by atoms with E-state index in [4.69, 9.17) is 9.78 Å². The minimum atomic E-state index is -0.215. The molecule has 0 aromatic heterocycles. The second-order valence-electron chi connectivity index (χ2n) is 5.54. The summed E-state index contributed by atoms with van der Waals surface area (Å²) < 4.78 is 0. The highest BCUT2D eigenvalue weighted by Gasteiger charge is 2.18. The van der Waals surface area contributed by atoms with Crippen molar-refractivity contribution >= 4 is 0 Å². The van der Waals surface area contributed by atoms with Crippen LogP contribution in [-0.4, -0.2) is 24.4 Å². The van der Waals surface area contributed by atoms with E-state index >= 15 is 0 Å². The molecule has 0 bridgehead atoms. The van der Waals surface area contributed by atoms with Crippen molar-refractivity contribution < 1.29 is 19.6 Å². The molecule has 0 aromatic carbocycles. The van der Waals surface area contributed by atoms with Crippen molar-refractivity contribution in [3.05, 3.63) is 25.3 Å². The van der Waals surface area contributed by atoms with Gasteiger partial charge in [-0.15, -0.1) is 13.2 Å². The van der Waals surface area contributed by atoms with Crippen LogP contribution in [0.25, 0.3) is 0 Å². The Bertz CT molecular complexity index is 187. The lowest BCUT2D eigenvalue weighted by molar-refractivity contribution is -0.393. The first-order valence-electron chi connectivity index (χ1n) is 5.95. The topological polar surface area (TPSA) is 36.9 Å². The van der Waals surface area contributed by atoms with Gasteiger partial charge in [-0.3, -0.25) is 0 Å². The second-order valence-corrected chi connectivity index (χ2v) is 5.54. The van der Waals surface area contributed by atoms with Gasteiger partial charge in [-0.25, -0.2) is 19.6 Å². The van der Waals surface area contributed by atoms with Crippen LogP contribution in [-0.2, 0) is 19.6 Å². The van der Waals surface area contributed by atoms with Crippen molar-refractivity contribution in [1.82, 2.24) is 0 Å². The van der Waals surface area contributed by atoms with E-state index < -0.39 is 0 Å². The Hall–Kier alpha value is -0.680. The van der Waals surface area contributed by atoms with Crippen LogP contribution in [0.5, 0.6) is 0 Å². The van der Waals surface area contributed by atoms with E-state index in [1.54, 1.807) is 12.2 Å². The molecule has 0 aromatic rings. The SMILES string of the molecule is C=CCOOCC=C.CC(C)(C)OOC(C)(C)C. The molecule has 0 N–H and O–H groups in total. The third kappa shape index (κ3) is 24.5. The molecule has 4 nitrogen and oxygen atoms in total. The van der Waals surface area contributed by atoms with Crippen LogP contribution >= 0.6 is 0 Å². The van der Waals surface area contributed by atoms with Gasteiger partial charge in [-0.2, -0.15) is 0 Å². The summed E-state index contributed by atoms with van der Waals surface area (Å²) in [6.07, 6.45) is 3.23. The molecule has 0 saturated heterocycles. The predicted octanol–water partition coefficient (Wildman–Crippen LogP) is 3.84. The van der Waals surface area contributed by atoms with Crippen LogP contribution in [0.1, 0.15) is 41.5 Å². The Balaban J connectivity index is 0. The van der Waals surface area contributed by atoms with E-state index in [0.717, 1.165) is 0 Å². The molecule has 0 unspecified atom stereocenters. The fourth-order valence-corrected chi connectivity index (χ4v) is 0.442. The molecular weight excluding hydrogens is 232 g/mol. The quantitative estimate of drug-likeness (QED) is 0.315. The normalized spacial score (nSPS) is 11.4. The van der Waals surface area contributed by atoms with Gasteiger partial charge in [0.15, 0.2) is 0 Å². The molecule has 0 aliphatic carbocycles. The average molecular weight is 260 g/mol. The summed E-state index contributed by atoms with van der Waals surface area (Å²) in [7, 11) is 0. The molecule has 0 spiro atoms. The molecule has 0 atom stereocenters. The van der Waals surface area contributed by atoms with E-state index in [2.05, 4.69) is 22.9 Å². The highest BCUT2D eigenvalue weighted by atomic mass is 17.2. The van der Waals surface area contributed by atoms with Crippen LogP contribution in [0, 0.1) is 0 Å². The molecule has 0 aliphatic rings. The Morgan fingerprint density at radius 3 is 1.17 bits per heavy atom. The standard InChI is InChI=1S/C8H18O2.C6H10O2/c1-7(2,3)9-10-8(4,5)6;1-3-5-7-8-6-4-2/h1-6H3;3-4H,1-2,5-6H2. The first-order valence-corrected chi connectivity index (χ1v) is 5.95. The van der Waals surface area contributed by atoms with Crippen LogP contribution < -0.4 is 0 Å². The highest BCUT2D eigenvalue weighted by Crippen LogP contribution is 2.14. The Labute approximate surface area is 111 Å². The smallest absolute Gasteiger partial charge is 0.100 e. The van der Waals surface area contributed by atoms with Crippen LogP contribution in [0.4, 0.5) is 0 Å². The van der Waals surface area contributed by atoms with Gasteiger partial charge in [-0.05, 0) is 41.5 Å². The third-order valence-electron chi connectivity index (χ3n) is 0.997. The molecule has 0 heterocycles. The summed E-state index contributed by atoms with van der Waals surface area (Å²) in [6.45, 7) is 19.4. The maximum absolute atomic E-state index is 5.09. The van der Waals surface area contributed by atoms with Crippen LogP contribution in [0.2, 0.25) is 0 Å². The molecule has 0 rings (SSSR count). The van der Waals surface area contributed by atoms with Gasteiger partial charge in [0.2, 0.25) is 0 Å². The van der Waals surface area contributed by atoms with Crippen molar-refractivity contribution in [3.63, 3.8) is 0 Å². The minimum absolute atomic E-state index is 0.215. The maximum Gasteiger partial charge on any atom is 0.100 e. The molecule has 0 fully saturated rings. The Morgan fingerprint density at radius 1 is 0.722 bits per heavy atom. The Kier molecular flexibility index (Phi) is 11.2. The minimum Gasteiger partial charge on any atom is -0.232 e. The van der Waals surface area contributed by atoms with Gasteiger partial charge in [0.25, 0.3) is 0 Å². The van der Waals surface area contributed by atoms with Crippen molar-refractivity contribution in [2.45, 2.75) is 52.7 Å². The van der Waals surface area contributed by atoms with E-state index in [1.807, 2.05) is 41.5 Å². The van der Waals surface area contributed by atoms with E-state index in [9.17, 15) is 0 Å². The Morgan fingerprint density at radius 2 is 1.00 bits per heavy atom. The predicted molar refractivity (Wildman–Crippen MR) is 74.0 cm³/mol. The number of rotatable bonds is 6. The zero-order valence-electron chi connectivity index (χ0n) is 12.6. The first kappa shape index (κ1) is 19.7. The largest absolute Gasteiger partial charge is 0.232 e. The molecule has 18 heavy (non-hydrogen) atoms. The summed E-state index contributed by atoms with van der Waals surface area (Å²) in [5.74, 6) is 0. The van der Waals surface area contributed by atoms with Crippen LogP contribution in [0.3, 0.4) is 0 Å². The van der Waals surface area contributed by atoms with E-state index in [0.29, 0.717) is 13.2 Å². The van der Waals surface area contributed by atoms with Gasteiger partial charge in [0.1, 0.15) is 13.2 Å². The average Bonchev–Trinajstić information content (AvgIpc) is 2.21. The van der Waals surface area contributed by atoms with Gasteiger partial charge < -0.3 is 0 Å². The van der Waals surface area contributed by atoms with Crippen LogP contribution in [0.15, 0.2) is 25.3 Å². The first-order chi connectivity index (χ1) is 8.12. The van der Waals surface area contributed by atoms with Crippen molar-refractivity contribution in [1.29, 1.82) is 0 Å². The molecule has 0 amide bonds. The fourth-order valence-electron chi connectivity index (χ4n) is 0.442. The maximum atomic E-state index is 5.09. The van der Waals surface area contributed by atoms with Gasteiger partial charge in [-0.1, -0.05) is 12.2 Å². The molecular formula is C14H28O4. The number of hydrogen-bond donors (Lipinski definition) is 0. The molecule has 0 aliphatic heterocycles. The monoisotopic (exact) mass is 260 g/mol. The van der Waals surface area contributed by atoms with Gasteiger partial charge in [0, 0.05) is 0 Å². The molecule has 0 saturated carbocycles. The lowest BCUT2D eigenvalue weighted by Gasteiger charge is -2.24. The summed E-state index contributed by atoms with van der Waals surface area (Å²) >= 11 is 0. The zero-order chi connectivity index (χ0) is 14.7. The van der Waals surface area contributed by atoms with E-state index in [1.165, 1.54) is 0 Å².